The van der Waals surface area contributed by atoms with Crippen LogP contribution < -0.4 is 21.7 Å². The van der Waals surface area contributed by atoms with Crippen LogP contribution in [0.1, 0.15) is 31.9 Å². The summed E-state index contributed by atoms with van der Waals surface area (Å²) in [5.74, 6) is -3.75. The van der Waals surface area contributed by atoms with Gasteiger partial charge in [-0.3, -0.25) is 14.4 Å². The molecule has 200 valence electrons. The Hall–Kier alpha value is -3.76. The zero-order valence-corrected chi connectivity index (χ0v) is 21.3. The predicted octanol–water partition coefficient (Wildman–Crippen LogP) is 0.375. The Bertz CT molecular complexity index is 1050. The summed E-state index contributed by atoms with van der Waals surface area (Å²) >= 11 is 0. The van der Waals surface area contributed by atoms with Crippen molar-refractivity contribution >= 4 is 23.7 Å². The van der Waals surface area contributed by atoms with E-state index in [1.807, 2.05) is 30.3 Å². The van der Waals surface area contributed by atoms with E-state index in [-0.39, 0.29) is 12.8 Å². The summed E-state index contributed by atoms with van der Waals surface area (Å²) in [6.07, 6.45) is -0.990. The predicted molar refractivity (Wildman–Crippen MR) is 138 cm³/mol. The Morgan fingerprint density at radius 3 is 1.65 bits per heavy atom. The summed E-state index contributed by atoms with van der Waals surface area (Å²) in [6.45, 7) is 4.70. The summed E-state index contributed by atoms with van der Waals surface area (Å²) in [7, 11) is 0. The van der Waals surface area contributed by atoms with Gasteiger partial charge in [-0.25, -0.2) is 4.79 Å². The number of nitrogens with one attached hydrogen (secondary N) is 3. The molecule has 5 atom stereocenters. The number of carbonyl (C=O) groups is 4. The minimum atomic E-state index is -1.37. The van der Waals surface area contributed by atoms with Gasteiger partial charge in [-0.05, 0) is 30.4 Å². The number of carbonyl (C=O) groups excluding carboxylic acids is 3. The molecule has 0 fully saturated rings. The second kappa shape index (κ2) is 14.1. The smallest absolute Gasteiger partial charge is 0.326 e. The number of hydrogen-bond donors (Lipinski definition) is 6. The van der Waals surface area contributed by atoms with Crippen LogP contribution >= 0.6 is 0 Å². The Morgan fingerprint density at radius 2 is 1.19 bits per heavy atom. The van der Waals surface area contributed by atoms with Gasteiger partial charge in [0.1, 0.15) is 18.1 Å². The van der Waals surface area contributed by atoms with E-state index in [0.717, 1.165) is 11.1 Å². The highest BCUT2D eigenvalue weighted by molar-refractivity contribution is 5.94. The molecule has 0 radical (unpaired) electrons. The van der Waals surface area contributed by atoms with Gasteiger partial charge in [-0.2, -0.15) is 0 Å². The SMILES string of the molecule is CC(C)C(NC(=O)C(NC(=O)C(N)Cc1ccccc1)C(C)O)C(=O)NC(Cc1ccccc1)C(=O)O. The molecule has 2 rings (SSSR count). The van der Waals surface area contributed by atoms with Gasteiger partial charge in [0.2, 0.25) is 17.7 Å². The molecule has 0 bridgehead atoms. The third-order valence-corrected chi connectivity index (χ3v) is 5.84. The molecule has 10 heteroatoms. The number of nitrogens with two attached hydrogens (primary N) is 1. The highest BCUT2D eigenvalue weighted by atomic mass is 16.4. The minimum Gasteiger partial charge on any atom is -0.480 e. The number of rotatable bonds is 13. The van der Waals surface area contributed by atoms with Gasteiger partial charge in [-0.15, -0.1) is 0 Å². The van der Waals surface area contributed by atoms with Gasteiger partial charge >= 0.3 is 5.97 Å². The molecule has 3 amide bonds. The molecular weight excluding hydrogens is 476 g/mol. The van der Waals surface area contributed by atoms with Gasteiger partial charge in [0, 0.05) is 6.42 Å². The summed E-state index contributed by atoms with van der Waals surface area (Å²) in [5, 5.41) is 27.3. The molecule has 0 aliphatic rings. The zero-order chi connectivity index (χ0) is 27.5. The Morgan fingerprint density at radius 1 is 0.730 bits per heavy atom. The van der Waals surface area contributed by atoms with Crippen LogP contribution in [0.5, 0.6) is 0 Å². The first-order valence-corrected chi connectivity index (χ1v) is 12.1. The van der Waals surface area contributed by atoms with Crippen molar-refractivity contribution in [3.05, 3.63) is 71.8 Å². The molecule has 37 heavy (non-hydrogen) atoms. The summed E-state index contributed by atoms with van der Waals surface area (Å²) in [4.78, 5) is 50.4. The van der Waals surface area contributed by atoms with E-state index in [9.17, 15) is 29.4 Å². The van der Waals surface area contributed by atoms with E-state index in [1.165, 1.54) is 6.92 Å². The van der Waals surface area contributed by atoms with Gasteiger partial charge in [0.25, 0.3) is 0 Å². The molecule has 10 nitrogen and oxygen atoms in total. The lowest BCUT2D eigenvalue weighted by atomic mass is 10.00. The normalized spacial score (nSPS) is 15.1. The van der Waals surface area contributed by atoms with E-state index in [2.05, 4.69) is 16.0 Å². The first-order chi connectivity index (χ1) is 17.5. The van der Waals surface area contributed by atoms with E-state index < -0.39 is 59.9 Å². The van der Waals surface area contributed by atoms with Crippen molar-refractivity contribution in [3.8, 4) is 0 Å². The average molecular weight is 513 g/mol. The quantitative estimate of drug-likeness (QED) is 0.225. The number of carboxylic acids is 1. The van der Waals surface area contributed by atoms with Gasteiger partial charge in [0.15, 0.2) is 0 Å². The molecule has 0 aliphatic carbocycles. The molecular formula is C27H36N4O6. The van der Waals surface area contributed by atoms with Crippen molar-refractivity contribution in [1.29, 1.82) is 0 Å². The van der Waals surface area contributed by atoms with Crippen molar-refractivity contribution in [2.45, 2.75) is 63.9 Å². The van der Waals surface area contributed by atoms with Crippen LogP contribution in [0.15, 0.2) is 60.7 Å². The van der Waals surface area contributed by atoms with Crippen molar-refractivity contribution in [2.24, 2.45) is 11.7 Å². The zero-order valence-electron chi connectivity index (χ0n) is 21.3. The number of aliphatic hydroxyl groups is 1. The van der Waals surface area contributed by atoms with E-state index in [0.29, 0.717) is 0 Å². The highest BCUT2D eigenvalue weighted by Gasteiger charge is 2.33. The van der Waals surface area contributed by atoms with Crippen LogP contribution in [-0.2, 0) is 32.0 Å². The topological polar surface area (TPSA) is 171 Å². The van der Waals surface area contributed by atoms with Gasteiger partial charge in [0.05, 0.1) is 12.1 Å². The lowest BCUT2D eigenvalue weighted by Crippen LogP contribution is -2.61. The Balaban J connectivity index is 2.06. The molecule has 0 spiro atoms. The van der Waals surface area contributed by atoms with E-state index in [4.69, 9.17) is 5.73 Å². The van der Waals surface area contributed by atoms with Crippen LogP contribution in [0, 0.1) is 5.92 Å². The molecule has 0 aliphatic heterocycles. The second-order valence-corrected chi connectivity index (χ2v) is 9.34. The van der Waals surface area contributed by atoms with Crippen LogP contribution in [0.4, 0.5) is 0 Å². The molecule has 7 N–H and O–H groups in total. The summed E-state index contributed by atoms with van der Waals surface area (Å²) in [6, 6.07) is 13.3. The van der Waals surface area contributed by atoms with E-state index in [1.54, 1.807) is 44.2 Å². The van der Waals surface area contributed by atoms with Crippen molar-refractivity contribution in [3.63, 3.8) is 0 Å². The fourth-order valence-electron chi connectivity index (χ4n) is 3.72. The van der Waals surface area contributed by atoms with Crippen LogP contribution in [0.25, 0.3) is 0 Å². The molecule has 5 unspecified atom stereocenters. The number of benzene rings is 2. The molecule has 0 aromatic heterocycles. The number of amides is 3. The maximum absolute atomic E-state index is 13.0. The van der Waals surface area contributed by atoms with Crippen molar-refractivity contribution < 1.29 is 29.4 Å². The fourth-order valence-corrected chi connectivity index (χ4v) is 3.72. The molecule has 0 saturated heterocycles. The van der Waals surface area contributed by atoms with Crippen LogP contribution in [0.3, 0.4) is 0 Å². The lowest BCUT2D eigenvalue weighted by Gasteiger charge is -2.28. The number of hydrogen-bond acceptors (Lipinski definition) is 6. The first-order valence-electron chi connectivity index (χ1n) is 12.1. The number of aliphatic carboxylic acids is 1. The summed E-state index contributed by atoms with van der Waals surface area (Å²) < 4.78 is 0. The summed E-state index contributed by atoms with van der Waals surface area (Å²) in [5.41, 5.74) is 7.56. The molecule has 0 heterocycles. The second-order valence-electron chi connectivity index (χ2n) is 9.34. The molecule has 2 aromatic carbocycles. The first kappa shape index (κ1) is 29.5. The van der Waals surface area contributed by atoms with Gasteiger partial charge in [-0.1, -0.05) is 74.5 Å². The van der Waals surface area contributed by atoms with Gasteiger partial charge < -0.3 is 31.9 Å². The van der Waals surface area contributed by atoms with Crippen LogP contribution in [0.2, 0.25) is 0 Å². The Labute approximate surface area is 216 Å². The average Bonchev–Trinajstić information content (AvgIpc) is 2.85. The van der Waals surface area contributed by atoms with Crippen molar-refractivity contribution in [1.82, 2.24) is 16.0 Å². The maximum Gasteiger partial charge on any atom is 0.326 e. The lowest BCUT2D eigenvalue weighted by molar-refractivity contribution is -0.142. The highest BCUT2D eigenvalue weighted by Crippen LogP contribution is 2.08. The fraction of sp³-hybridized carbons (Fsp3) is 0.407. The van der Waals surface area contributed by atoms with Crippen LogP contribution in [-0.4, -0.2) is 64.2 Å². The number of aliphatic hydroxyl groups excluding tert-OH is 1. The third kappa shape index (κ3) is 9.32. The maximum atomic E-state index is 13.0. The third-order valence-electron chi connectivity index (χ3n) is 5.84. The Kier molecular flexibility index (Phi) is 11.2. The number of carboxylic acid groups (broad SMARTS) is 1. The minimum absolute atomic E-state index is 0.0618. The molecule has 0 saturated carbocycles. The van der Waals surface area contributed by atoms with E-state index >= 15 is 0 Å². The standard InChI is InChI=1S/C27H36N4O6/c1-16(2)22(25(34)29-21(27(36)37)15-19-12-8-5-9-13-19)30-26(35)23(17(3)32)31-24(33)20(28)14-18-10-6-4-7-11-18/h4-13,16-17,20-23,32H,14-15,28H2,1-3H3,(H,29,34)(H,30,35)(H,31,33)(H,36,37). The molecule has 2 aromatic rings. The largest absolute Gasteiger partial charge is 0.480 e. The van der Waals surface area contributed by atoms with Crippen molar-refractivity contribution in [2.75, 3.05) is 0 Å². The monoisotopic (exact) mass is 512 g/mol.